The molecule has 0 radical (unpaired) electrons. The molecule has 0 aliphatic heterocycles. The molecule has 0 spiro atoms. The van der Waals surface area contributed by atoms with Crippen molar-refractivity contribution in [1.82, 2.24) is 38.9 Å². The van der Waals surface area contributed by atoms with E-state index in [2.05, 4.69) is 5.32 Å². The molecule has 0 unspecified atom stereocenters. The Morgan fingerprint density at radius 2 is 0.877 bits per heavy atom. The molecule has 21 nitrogen and oxygen atoms in total. The lowest BCUT2D eigenvalue weighted by atomic mass is 10.1. The van der Waals surface area contributed by atoms with Gasteiger partial charge in [0.15, 0.2) is 0 Å². The predicted octanol–water partition coefficient (Wildman–Crippen LogP) is 1.82. The third-order valence-electron chi connectivity index (χ3n) is 10.1. The van der Waals surface area contributed by atoms with Crippen molar-refractivity contribution in [2.75, 3.05) is 45.8 Å². The Bertz CT molecular complexity index is 2800. The molecule has 65 heavy (non-hydrogen) atoms. The highest BCUT2D eigenvalue weighted by Crippen LogP contribution is 2.18. The fraction of sp³-hybridized carbons (Fsp3) is 0.279. The number of carbonyl (C=O) groups is 4. The number of thiocyanates is 1. The van der Waals surface area contributed by atoms with Crippen LogP contribution in [0.15, 0.2) is 121 Å². The summed E-state index contributed by atoms with van der Waals surface area (Å²) in [6, 6.07) is 21.7. The number of unbranched alkanes of at least 4 members (excludes halogenated alkanes) is 1. The first-order valence-electron chi connectivity index (χ1n) is 20.2. The van der Waals surface area contributed by atoms with E-state index in [1.807, 2.05) is 5.40 Å². The van der Waals surface area contributed by atoms with Crippen molar-refractivity contribution in [3.8, 4) is 5.40 Å². The second kappa shape index (κ2) is 22.9. The maximum absolute atomic E-state index is 13.9. The van der Waals surface area contributed by atoms with Crippen LogP contribution in [0.4, 0.5) is 0 Å². The summed E-state index contributed by atoms with van der Waals surface area (Å²) in [5.74, 6) is -2.88. The van der Waals surface area contributed by atoms with Crippen LogP contribution < -0.4 is 27.6 Å². The molecular weight excluding hydrogens is 867 g/mol. The Balaban J connectivity index is 1.30. The molecule has 0 aliphatic carbocycles. The minimum absolute atomic E-state index is 0.00228. The summed E-state index contributed by atoms with van der Waals surface area (Å²) < 4.78 is 0.865. The van der Waals surface area contributed by atoms with Crippen LogP contribution in [0.25, 0.3) is 0 Å². The average Bonchev–Trinajstić information content (AvgIpc) is 3.29. The van der Waals surface area contributed by atoms with Crippen molar-refractivity contribution in [2.45, 2.75) is 37.0 Å². The maximum atomic E-state index is 13.9. The van der Waals surface area contributed by atoms with E-state index in [4.69, 9.17) is 5.26 Å². The number of pyridine rings is 4. The van der Waals surface area contributed by atoms with Crippen LogP contribution in [0.2, 0.25) is 0 Å². The largest absolute Gasteiger partial charge is 0.425 e. The molecule has 22 heteroatoms. The highest BCUT2D eigenvalue weighted by atomic mass is 32.2. The van der Waals surface area contributed by atoms with E-state index >= 15 is 0 Å². The summed E-state index contributed by atoms with van der Waals surface area (Å²) in [5.41, 5.74) is -3.77. The van der Waals surface area contributed by atoms with Gasteiger partial charge in [0.25, 0.3) is 45.9 Å². The minimum atomic E-state index is -0.854. The lowest BCUT2D eigenvalue weighted by Gasteiger charge is -2.27. The van der Waals surface area contributed by atoms with Gasteiger partial charge in [0, 0.05) is 75.0 Å². The zero-order valence-electron chi connectivity index (χ0n) is 34.8. The van der Waals surface area contributed by atoms with Gasteiger partial charge in [0.2, 0.25) is 0 Å². The zero-order valence-corrected chi connectivity index (χ0v) is 35.6. The molecule has 0 fully saturated rings. The molecular formula is C43H45N9O12S. The standard InChI is InChI=1S/C43H45N9O12S/c44-29-65-31-19-17-30(18-20-31)21-28-48(43(60)35-12-6-16-39(56)52(35)64)27-8-26-47(42(59)34-11-5-15-38(55)51(34)63)24-2-1-23-46(41(58)33-10-4-14-37(54)50(33)62)25-7-22-45-40(57)32-9-3-13-36(53)49(32)61/h3-6,9-20,61-64H,1-2,7-8,21-28H2,(H,45,57). The normalized spacial score (nSPS) is 10.8. The van der Waals surface area contributed by atoms with Crippen molar-refractivity contribution in [2.24, 2.45) is 0 Å². The second-order valence-electron chi connectivity index (χ2n) is 14.4. The number of aromatic nitrogens is 4. The van der Waals surface area contributed by atoms with Gasteiger partial charge < -0.3 is 40.8 Å². The molecule has 5 N–H and O–H groups in total. The van der Waals surface area contributed by atoms with Gasteiger partial charge >= 0.3 is 0 Å². The van der Waals surface area contributed by atoms with E-state index in [1.54, 1.807) is 24.3 Å². The maximum Gasteiger partial charge on any atom is 0.283 e. The summed E-state index contributed by atoms with van der Waals surface area (Å²) in [5, 5.41) is 54.7. The Hall–Kier alpha value is -8.06. The molecule has 0 saturated heterocycles. The topological polar surface area (TPSA) is 283 Å². The van der Waals surface area contributed by atoms with Crippen LogP contribution in [0.3, 0.4) is 0 Å². The minimum Gasteiger partial charge on any atom is -0.425 e. The number of amides is 4. The highest BCUT2D eigenvalue weighted by Gasteiger charge is 2.24. The molecule has 340 valence electrons. The Kier molecular flexibility index (Phi) is 16.9. The third-order valence-corrected chi connectivity index (χ3v) is 10.7. The van der Waals surface area contributed by atoms with Crippen LogP contribution in [-0.2, 0) is 6.42 Å². The van der Waals surface area contributed by atoms with Gasteiger partial charge in [-0.2, -0.15) is 5.26 Å². The lowest BCUT2D eigenvalue weighted by Crippen LogP contribution is -2.41. The molecule has 1 aromatic carbocycles. The number of nitriles is 1. The van der Waals surface area contributed by atoms with E-state index < -0.39 is 45.9 Å². The quantitative estimate of drug-likeness (QED) is 0.0304. The van der Waals surface area contributed by atoms with E-state index in [0.29, 0.717) is 6.42 Å². The lowest BCUT2D eigenvalue weighted by molar-refractivity contribution is 0.0637. The molecule has 0 saturated carbocycles. The molecule has 0 bridgehead atoms. The zero-order chi connectivity index (χ0) is 47.0. The average molecular weight is 912 g/mol. The summed E-state index contributed by atoms with van der Waals surface area (Å²) in [7, 11) is 0. The number of nitrogens with one attached hydrogen (secondary N) is 1. The number of hydrogen-bond acceptors (Lipinski definition) is 14. The molecule has 5 aromatic rings. The van der Waals surface area contributed by atoms with Gasteiger partial charge in [-0.3, -0.25) is 38.4 Å². The SMILES string of the molecule is N#CSc1ccc(CCN(CCCN(CCCCN(CCCNC(=O)c2cccc(=O)n2O)C(=O)c2cccc(=O)n2O)C(=O)c2cccc(=O)n2O)C(=O)c2cccc(=O)n2O)cc1. The highest BCUT2D eigenvalue weighted by molar-refractivity contribution is 8.03. The Labute approximate surface area is 373 Å². The van der Waals surface area contributed by atoms with Gasteiger partial charge in [0.1, 0.15) is 28.2 Å². The number of benzene rings is 1. The van der Waals surface area contributed by atoms with Crippen molar-refractivity contribution < 1.29 is 40.0 Å². The summed E-state index contributed by atoms with van der Waals surface area (Å²) in [6.45, 7) is 0.172. The van der Waals surface area contributed by atoms with Gasteiger partial charge in [-0.05, 0) is 85.8 Å². The Morgan fingerprint density at radius 1 is 0.508 bits per heavy atom. The molecule has 4 amide bonds. The van der Waals surface area contributed by atoms with Gasteiger partial charge in [-0.15, -0.1) is 18.9 Å². The van der Waals surface area contributed by atoms with Gasteiger partial charge in [0.05, 0.1) is 0 Å². The number of hydrogen-bond donors (Lipinski definition) is 5. The van der Waals surface area contributed by atoms with Crippen LogP contribution in [0.5, 0.6) is 0 Å². The number of rotatable bonds is 21. The predicted molar refractivity (Wildman–Crippen MR) is 232 cm³/mol. The van der Waals surface area contributed by atoms with Crippen LogP contribution in [0.1, 0.15) is 73.2 Å². The van der Waals surface area contributed by atoms with Crippen molar-refractivity contribution >= 4 is 35.4 Å². The van der Waals surface area contributed by atoms with Gasteiger partial charge in [-0.1, -0.05) is 36.4 Å². The fourth-order valence-corrected chi connectivity index (χ4v) is 7.05. The molecule has 4 heterocycles. The first kappa shape index (κ1) is 48.0. The molecule has 5 rings (SSSR count). The molecule has 4 aromatic heterocycles. The van der Waals surface area contributed by atoms with Crippen LogP contribution in [0, 0.1) is 10.7 Å². The fourth-order valence-electron chi connectivity index (χ4n) is 6.68. The van der Waals surface area contributed by atoms with E-state index in [1.165, 1.54) is 63.2 Å². The van der Waals surface area contributed by atoms with Crippen LogP contribution in [-0.4, -0.2) is 124 Å². The van der Waals surface area contributed by atoms with Gasteiger partial charge in [-0.25, -0.2) is 0 Å². The number of nitrogens with zero attached hydrogens (tertiary/aromatic N) is 8. The smallest absolute Gasteiger partial charge is 0.283 e. The van der Waals surface area contributed by atoms with Crippen molar-refractivity contribution in [3.63, 3.8) is 0 Å². The first-order chi connectivity index (χ1) is 31.2. The second-order valence-corrected chi connectivity index (χ2v) is 15.2. The summed E-state index contributed by atoms with van der Waals surface area (Å²) in [6.07, 6.45) is 1.13. The Morgan fingerprint density at radius 3 is 1.31 bits per heavy atom. The van der Waals surface area contributed by atoms with Crippen molar-refractivity contribution in [1.29, 1.82) is 5.26 Å². The van der Waals surface area contributed by atoms with Crippen molar-refractivity contribution in [3.05, 3.63) is 167 Å². The molecule has 0 atom stereocenters. The third kappa shape index (κ3) is 12.5. The summed E-state index contributed by atoms with van der Waals surface area (Å²) in [4.78, 5) is 107. The number of carbonyl (C=O) groups excluding carboxylic acids is 4. The van der Waals surface area contributed by atoms with E-state index in [-0.39, 0.29) is 113 Å². The monoisotopic (exact) mass is 911 g/mol. The van der Waals surface area contributed by atoms with E-state index in [9.17, 15) is 59.2 Å². The first-order valence-corrected chi connectivity index (χ1v) is 21.0. The number of thioether (sulfide) groups is 1. The van der Waals surface area contributed by atoms with Crippen LogP contribution >= 0.6 is 11.8 Å². The van der Waals surface area contributed by atoms with E-state index in [0.717, 1.165) is 46.5 Å². The summed E-state index contributed by atoms with van der Waals surface area (Å²) >= 11 is 0.993. The molecule has 0 aliphatic rings.